The molecule has 0 saturated heterocycles. The first-order valence-electron chi connectivity index (χ1n) is 8.91. The minimum atomic E-state index is -0.330. The summed E-state index contributed by atoms with van der Waals surface area (Å²) in [5, 5.41) is 9.38. The van der Waals surface area contributed by atoms with Crippen molar-refractivity contribution in [2.75, 3.05) is 33.5 Å². The fraction of sp³-hybridized carbons (Fsp3) is 0.350. The fourth-order valence-electron chi connectivity index (χ4n) is 2.91. The summed E-state index contributed by atoms with van der Waals surface area (Å²) in [6.45, 7) is 4.43. The number of aliphatic hydroxyl groups excluding tert-OH is 1. The van der Waals surface area contributed by atoms with Crippen LogP contribution in [0.2, 0.25) is 0 Å². The molecule has 0 unspecified atom stereocenters. The third-order valence-electron chi connectivity index (χ3n) is 4.01. The number of fused-ring (bicyclic) bond motifs is 1. The summed E-state index contributed by atoms with van der Waals surface area (Å²) in [6, 6.07) is 7.03. The van der Waals surface area contributed by atoms with Crippen molar-refractivity contribution < 1.29 is 19.3 Å². The lowest BCUT2D eigenvalue weighted by molar-refractivity contribution is 0.146. The molecule has 0 radical (unpaired) electrons. The normalized spacial score (nSPS) is 11.0. The molecule has 1 aromatic carbocycles. The van der Waals surface area contributed by atoms with Gasteiger partial charge in [0.05, 0.1) is 18.7 Å². The number of H-pyrrole nitrogens is 1. The molecule has 2 heterocycles. The van der Waals surface area contributed by atoms with Gasteiger partial charge in [0.15, 0.2) is 0 Å². The van der Waals surface area contributed by atoms with Gasteiger partial charge in [-0.1, -0.05) is 0 Å². The van der Waals surface area contributed by atoms with Crippen molar-refractivity contribution in [1.82, 2.24) is 15.0 Å². The van der Waals surface area contributed by atoms with Crippen molar-refractivity contribution in [3.63, 3.8) is 0 Å². The highest BCUT2D eigenvalue weighted by Crippen LogP contribution is 2.29. The van der Waals surface area contributed by atoms with Crippen LogP contribution in [0, 0.1) is 13.8 Å². The molecule has 28 heavy (non-hydrogen) atoms. The summed E-state index contributed by atoms with van der Waals surface area (Å²) < 4.78 is 16.2. The number of nitrogens with zero attached hydrogens (tertiary/aromatic N) is 2. The first kappa shape index (κ1) is 19.8. The third-order valence-corrected chi connectivity index (χ3v) is 4.01. The average Bonchev–Trinajstić information content (AvgIpc) is 2.65. The van der Waals surface area contributed by atoms with E-state index in [1.807, 2.05) is 26.0 Å². The number of aryl methyl sites for hydroxylation is 2. The van der Waals surface area contributed by atoms with E-state index in [9.17, 15) is 4.79 Å². The zero-order valence-corrected chi connectivity index (χ0v) is 16.1. The van der Waals surface area contributed by atoms with Crippen molar-refractivity contribution in [1.29, 1.82) is 0 Å². The van der Waals surface area contributed by atoms with E-state index in [2.05, 4.69) is 15.0 Å². The lowest BCUT2D eigenvalue weighted by atomic mass is 10.1. The van der Waals surface area contributed by atoms with Crippen molar-refractivity contribution >= 4 is 10.9 Å². The molecule has 2 N–H and O–H groups in total. The van der Waals surface area contributed by atoms with Gasteiger partial charge in [-0.05, 0) is 26.0 Å². The largest absolute Gasteiger partial charge is 0.491 e. The molecule has 2 aromatic heterocycles. The minimum absolute atomic E-state index is 0.0561. The summed E-state index contributed by atoms with van der Waals surface area (Å²) in [5.74, 6) is 1.25. The number of hydrogen-bond donors (Lipinski definition) is 2. The van der Waals surface area contributed by atoms with E-state index in [1.165, 1.54) is 0 Å². The van der Waals surface area contributed by atoms with Gasteiger partial charge < -0.3 is 24.3 Å². The molecule has 3 rings (SSSR count). The zero-order chi connectivity index (χ0) is 20.1. The average molecular weight is 385 g/mol. The Morgan fingerprint density at radius 2 is 1.75 bits per heavy atom. The zero-order valence-electron chi connectivity index (χ0n) is 16.1. The molecule has 0 fully saturated rings. The molecule has 0 atom stereocenters. The predicted molar refractivity (Wildman–Crippen MR) is 105 cm³/mol. The van der Waals surface area contributed by atoms with Crippen LogP contribution in [-0.4, -0.2) is 53.6 Å². The number of rotatable bonds is 8. The lowest BCUT2D eigenvalue weighted by Crippen LogP contribution is -2.13. The number of methoxy groups -OCH3 is 1. The number of ether oxygens (including phenoxy) is 3. The number of aromatic amines is 1. The Bertz CT molecular complexity index is 1010. The number of benzene rings is 1. The smallest absolute Gasteiger partial charge is 0.262 e. The van der Waals surface area contributed by atoms with Gasteiger partial charge in [-0.25, -0.2) is 4.98 Å². The second-order valence-corrected chi connectivity index (χ2v) is 6.28. The van der Waals surface area contributed by atoms with E-state index in [1.54, 1.807) is 19.2 Å². The Morgan fingerprint density at radius 3 is 2.43 bits per heavy atom. The van der Waals surface area contributed by atoms with Gasteiger partial charge in [0.2, 0.25) is 0 Å². The van der Waals surface area contributed by atoms with Crippen LogP contribution in [-0.2, 0) is 4.74 Å². The lowest BCUT2D eigenvalue weighted by Gasteiger charge is -2.12. The molecule has 8 nitrogen and oxygen atoms in total. The number of hydrogen-bond acceptors (Lipinski definition) is 7. The quantitative estimate of drug-likeness (QED) is 0.571. The SMILES string of the molecule is COCCOc1cc(OCCO)c2c(=O)[nH]c(-c3cc(C)nc(C)c3)nc2c1. The van der Waals surface area contributed by atoms with E-state index in [0.29, 0.717) is 41.4 Å². The fourth-order valence-corrected chi connectivity index (χ4v) is 2.91. The van der Waals surface area contributed by atoms with Gasteiger partial charge in [-0.15, -0.1) is 0 Å². The molecule has 148 valence electrons. The monoisotopic (exact) mass is 385 g/mol. The van der Waals surface area contributed by atoms with E-state index < -0.39 is 0 Å². The highest BCUT2D eigenvalue weighted by molar-refractivity contribution is 5.87. The standard InChI is InChI=1S/C20H23N3O5/c1-12-8-14(9-13(2)21-12)19-22-16-10-15(27-7-6-26-3)11-17(28-5-4-24)18(16)20(25)23-19/h8-11,24H,4-7H2,1-3H3,(H,22,23,25). The molecule has 3 aromatic rings. The third kappa shape index (κ3) is 4.47. The number of aliphatic hydroxyl groups is 1. The summed E-state index contributed by atoms with van der Waals surface area (Å²) in [5.41, 5.74) is 2.55. The Kier molecular flexibility index (Phi) is 6.23. The summed E-state index contributed by atoms with van der Waals surface area (Å²) >= 11 is 0. The van der Waals surface area contributed by atoms with Crippen LogP contribution in [0.25, 0.3) is 22.3 Å². The molecule has 0 amide bonds. The van der Waals surface area contributed by atoms with E-state index in [4.69, 9.17) is 19.3 Å². The molecule has 0 spiro atoms. The summed E-state index contributed by atoms with van der Waals surface area (Å²) in [7, 11) is 1.59. The van der Waals surface area contributed by atoms with Gasteiger partial charge >= 0.3 is 0 Å². The van der Waals surface area contributed by atoms with Crippen molar-refractivity contribution in [3.05, 3.63) is 46.0 Å². The number of aromatic nitrogens is 3. The first-order chi connectivity index (χ1) is 13.5. The van der Waals surface area contributed by atoms with E-state index in [-0.39, 0.29) is 18.8 Å². The second kappa shape index (κ2) is 8.81. The molecule has 0 aliphatic heterocycles. The maximum Gasteiger partial charge on any atom is 0.262 e. The van der Waals surface area contributed by atoms with Gasteiger partial charge in [-0.3, -0.25) is 9.78 Å². The van der Waals surface area contributed by atoms with Crippen LogP contribution in [0.3, 0.4) is 0 Å². The molecule has 0 aliphatic rings. The Labute approximate surface area is 162 Å². The van der Waals surface area contributed by atoms with Crippen LogP contribution >= 0.6 is 0 Å². The van der Waals surface area contributed by atoms with E-state index >= 15 is 0 Å². The van der Waals surface area contributed by atoms with Crippen LogP contribution in [0.4, 0.5) is 0 Å². The Morgan fingerprint density at radius 1 is 1.00 bits per heavy atom. The maximum atomic E-state index is 12.8. The molecule has 0 aliphatic carbocycles. The van der Waals surface area contributed by atoms with Crippen molar-refractivity contribution in [2.24, 2.45) is 0 Å². The highest BCUT2D eigenvalue weighted by atomic mass is 16.5. The Balaban J connectivity index is 2.13. The predicted octanol–water partition coefficient (Wildman–Crippen LogP) is 2.00. The number of pyridine rings is 1. The van der Waals surface area contributed by atoms with Gasteiger partial charge in [0, 0.05) is 36.2 Å². The number of nitrogens with one attached hydrogen (secondary N) is 1. The van der Waals surface area contributed by atoms with Crippen LogP contribution in [0.1, 0.15) is 11.4 Å². The minimum Gasteiger partial charge on any atom is -0.491 e. The molecular formula is C20H23N3O5. The molecule has 0 saturated carbocycles. The highest BCUT2D eigenvalue weighted by Gasteiger charge is 2.14. The van der Waals surface area contributed by atoms with Gasteiger partial charge in [0.1, 0.15) is 35.9 Å². The second-order valence-electron chi connectivity index (χ2n) is 6.28. The maximum absolute atomic E-state index is 12.8. The topological polar surface area (TPSA) is 107 Å². The molecule has 0 bridgehead atoms. The van der Waals surface area contributed by atoms with Crippen molar-refractivity contribution in [2.45, 2.75) is 13.8 Å². The van der Waals surface area contributed by atoms with Gasteiger partial charge in [-0.2, -0.15) is 0 Å². The summed E-state index contributed by atoms with van der Waals surface area (Å²) in [4.78, 5) is 24.6. The molecule has 8 heteroatoms. The molecular weight excluding hydrogens is 362 g/mol. The van der Waals surface area contributed by atoms with Gasteiger partial charge in [0.25, 0.3) is 5.56 Å². The van der Waals surface area contributed by atoms with E-state index in [0.717, 1.165) is 17.0 Å². The summed E-state index contributed by atoms with van der Waals surface area (Å²) in [6.07, 6.45) is 0. The van der Waals surface area contributed by atoms with Crippen LogP contribution < -0.4 is 15.0 Å². The first-order valence-corrected chi connectivity index (χ1v) is 8.91. The van der Waals surface area contributed by atoms with Crippen LogP contribution in [0.5, 0.6) is 11.5 Å². The Hall–Kier alpha value is -2.97. The van der Waals surface area contributed by atoms with Crippen molar-refractivity contribution in [3.8, 4) is 22.9 Å². The van der Waals surface area contributed by atoms with Crippen LogP contribution in [0.15, 0.2) is 29.1 Å².